The molecule has 5 amide bonds. The lowest BCUT2D eigenvalue weighted by Gasteiger charge is -2.35. The van der Waals surface area contributed by atoms with Crippen LogP contribution in [0.2, 0.25) is 5.02 Å². The molecule has 4 aromatic carbocycles. The number of nitrogens with zero attached hydrogens (tertiary/aromatic N) is 6. The van der Waals surface area contributed by atoms with Crippen LogP contribution in [-0.4, -0.2) is 131 Å². The molecule has 2 heterocycles. The Balaban J connectivity index is 1.39. The first-order valence-electron chi connectivity index (χ1n) is 23.8. The van der Waals surface area contributed by atoms with Crippen molar-refractivity contribution in [1.82, 2.24) is 39.8 Å². The number of nitrogens with one attached hydrogen (secondary N) is 2. The smallest absolute Gasteiger partial charge is 0.263 e. The van der Waals surface area contributed by atoms with Gasteiger partial charge < -0.3 is 44.3 Å². The van der Waals surface area contributed by atoms with Gasteiger partial charge in [0.05, 0.1) is 37.5 Å². The molecule has 15 nitrogen and oxygen atoms in total. The number of aromatic nitrogens is 2. The zero-order valence-electron chi connectivity index (χ0n) is 42.1. The second-order valence-electron chi connectivity index (χ2n) is 18.7. The number of methoxy groups -OCH3 is 1. The molecule has 6 rings (SSSR count). The van der Waals surface area contributed by atoms with E-state index in [-0.39, 0.29) is 68.5 Å². The fraction of sp³-hybridized carbons (Fsp3) is 0.407. The van der Waals surface area contributed by atoms with Gasteiger partial charge >= 0.3 is 0 Å². The highest BCUT2D eigenvalue weighted by atomic mass is 35.5. The van der Waals surface area contributed by atoms with Crippen LogP contribution in [0.5, 0.6) is 11.5 Å². The first kappa shape index (κ1) is 54.6. The standard InChI is InChI=1S/C54H65ClF2N8O7/c1-34-29-59-49(66)28-43(25-37-14-20-42(55)21-15-37)63(6)54(70)45(33-71-8)60-52(68)35(2)65(50(67)27-41(53(69)62(34)5)24-36-12-10-9-11-13-36)31-40-17-16-39(51(56)57)26-47(40)72-44-22-18-38(19-23-44)46-30-58-48(64(46)7)32-61(3)4/h9-23,26,30,34-35,41,43,45,51H,24-25,27-29,31-33H2,1-8H3,(H,59,66)(H,60,68)/t34-,35-,41+,43-,45-/m0/s1. The zero-order valence-corrected chi connectivity index (χ0v) is 42.9. The van der Waals surface area contributed by atoms with Crippen LogP contribution in [0.4, 0.5) is 8.78 Å². The molecule has 0 radical (unpaired) electrons. The molecule has 1 fully saturated rings. The molecule has 0 saturated carbocycles. The third kappa shape index (κ3) is 14.3. The predicted molar refractivity (Wildman–Crippen MR) is 271 cm³/mol. The normalized spacial score (nSPS) is 20.2. The number of imidazole rings is 1. The Kier molecular flexibility index (Phi) is 19.1. The maximum Gasteiger partial charge on any atom is 0.263 e. The van der Waals surface area contributed by atoms with Crippen molar-refractivity contribution in [3.63, 3.8) is 0 Å². The number of ether oxygens (including phenoxy) is 2. The van der Waals surface area contributed by atoms with Crippen molar-refractivity contribution in [1.29, 1.82) is 0 Å². The number of rotatable bonds is 14. The second-order valence-corrected chi connectivity index (χ2v) is 19.1. The van der Waals surface area contributed by atoms with Crippen molar-refractivity contribution in [2.24, 2.45) is 13.0 Å². The largest absolute Gasteiger partial charge is 0.457 e. The topological polar surface area (TPSA) is 159 Å². The van der Waals surface area contributed by atoms with Gasteiger partial charge in [-0.05, 0) is 94.4 Å². The van der Waals surface area contributed by atoms with Gasteiger partial charge in [0.2, 0.25) is 29.5 Å². The van der Waals surface area contributed by atoms with E-state index in [1.54, 1.807) is 63.6 Å². The molecule has 384 valence electrons. The van der Waals surface area contributed by atoms with Gasteiger partial charge in [0, 0.05) is 81.4 Å². The Labute approximate surface area is 425 Å². The lowest BCUT2D eigenvalue weighted by Crippen LogP contribution is -2.57. The monoisotopic (exact) mass is 1010 g/mol. The summed E-state index contributed by atoms with van der Waals surface area (Å²) in [7, 11) is 10.4. The molecule has 1 aliphatic heterocycles. The average molecular weight is 1010 g/mol. The van der Waals surface area contributed by atoms with Gasteiger partial charge in [0.1, 0.15) is 29.4 Å². The highest BCUT2D eigenvalue weighted by Gasteiger charge is 2.36. The van der Waals surface area contributed by atoms with E-state index in [9.17, 15) is 28.0 Å². The quantitative estimate of drug-likeness (QED) is 0.119. The van der Waals surface area contributed by atoms with Crippen LogP contribution in [-0.2, 0) is 61.7 Å². The van der Waals surface area contributed by atoms with Crippen LogP contribution in [0.1, 0.15) is 61.2 Å². The molecule has 0 aliphatic carbocycles. The Morgan fingerprint density at radius 2 is 1.51 bits per heavy atom. The molecule has 5 aromatic rings. The van der Waals surface area contributed by atoms with Gasteiger partial charge in [-0.1, -0.05) is 66.2 Å². The predicted octanol–water partition coefficient (Wildman–Crippen LogP) is 7.07. The molecule has 0 unspecified atom stereocenters. The molecule has 18 heteroatoms. The first-order valence-corrected chi connectivity index (χ1v) is 24.2. The maximum atomic E-state index is 15.1. The fourth-order valence-electron chi connectivity index (χ4n) is 8.63. The lowest BCUT2D eigenvalue weighted by atomic mass is 9.93. The van der Waals surface area contributed by atoms with Gasteiger partial charge in [0.25, 0.3) is 6.43 Å². The van der Waals surface area contributed by atoms with E-state index in [0.29, 0.717) is 22.9 Å². The van der Waals surface area contributed by atoms with Crippen molar-refractivity contribution in [3.05, 3.63) is 136 Å². The molecule has 1 saturated heterocycles. The highest BCUT2D eigenvalue weighted by Crippen LogP contribution is 2.34. The maximum absolute atomic E-state index is 15.1. The summed E-state index contributed by atoms with van der Waals surface area (Å²) >= 11 is 6.18. The third-order valence-electron chi connectivity index (χ3n) is 13.1. The summed E-state index contributed by atoms with van der Waals surface area (Å²) in [5.74, 6) is -2.35. The number of benzene rings is 4. The van der Waals surface area contributed by atoms with Gasteiger partial charge in [-0.15, -0.1) is 0 Å². The van der Waals surface area contributed by atoms with Gasteiger partial charge in [0.15, 0.2) is 0 Å². The van der Waals surface area contributed by atoms with Crippen molar-refractivity contribution < 1.29 is 42.2 Å². The van der Waals surface area contributed by atoms with Gasteiger partial charge in [-0.25, -0.2) is 13.8 Å². The van der Waals surface area contributed by atoms with Crippen LogP contribution in [0.25, 0.3) is 11.3 Å². The lowest BCUT2D eigenvalue weighted by molar-refractivity contribution is -0.147. The Hall–Kier alpha value is -6.69. The van der Waals surface area contributed by atoms with E-state index in [0.717, 1.165) is 28.2 Å². The molecule has 0 bridgehead atoms. The van der Waals surface area contributed by atoms with Crippen LogP contribution in [0.3, 0.4) is 0 Å². The summed E-state index contributed by atoms with van der Waals surface area (Å²) in [6.07, 6.45) is -1.13. The zero-order chi connectivity index (χ0) is 52.2. The minimum Gasteiger partial charge on any atom is -0.457 e. The summed E-state index contributed by atoms with van der Waals surface area (Å²) in [5, 5.41) is 6.24. The average Bonchev–Trinajstić information content (AvgIpc) is 3.72. The number of likely N-dealkylation sites (N-methyl/N-ethyl adjacent to an activating group) is 2. The molecular formula is C54H65ClF2N8O7. The van der Waals surface area contributed by atoms with E-state index in [2.05, 4.69) is 15.6 Å². The molecule has 1 aromatic heterocycles. The summed E-state index contributed by atoms with van der Waals surface area (Å²) in [4.78, 5) is 83.1. The van der Waals surface area contributed by atoms with E-state index >= 15 is 4.79 Å². The third-order valence-corrected chi connectivity index (χ3v) is 13.4. The Bertz CT molecular complexity index is 2650. The van der Waals surface area contributed by atoms with Crippen LogP contribution in [0.15, 0.2) is 103 Å². The van der Waals surface area contributed by atoms with Crippen molar-refractivity contribution in [3.8, 4) is 22.8 Å². The van der Waals surface area contributed by atoms with Gasteiger partial charge in [-0.3, -0.25) is 24.0 Å². The molecule has 1 aliphatic rings. The van der Waals surface area contributed by atoms with E-state index in [1.807, 2.05) is 73.1 Å². The summed E-state index contributed by atoms with van der Waals surface area (Å²) in [6.45, 7) is 3.42. The number of amides is 5. The van der Waals surface area contributed by atoms with Crippen molar-refractivity contribution in [2.45, 2.75) is 83.2 Å². The van der Waals surface area contributed by atoms with E-state index < -0.39 is 54.2 Å². The number of alkyl halides is 2. The summed E-state index contributed by atoms with van der Waals surface area (Å²) < 4.78 is 42.6. The highest BCUT2D eigenvalue weighted by molar-refractivity contribution is 6.30. The van der Waals surface area contributed by atoms with Crippen LogP contribution < -0.4 is 15.4 Å². The van der Waals surface area contributed by atoms with Gasteiger partial charge in [-0.2, -0.15) is 0 Å². The SMILES string of the molecule is COC[C@@H]1NC(=O)[C@H](C)N(Cc2ccc(C(F)F)cc2Oc2ccc(-c3cnc(CN(C)C)n3C)cc2)C(=O)C[C@@H](Cc2ccccc2)C(=O)N(C)[C@@H](C)CNC(=O)C[C@H](Cc2ccc(Cl)cc2)N(C)C1=O. The minimum atomic E-state index is -2.86. The molecule has 0 spiro atoms. The molecular weight excluding hydrogens is 946 g/mol. The Morgan fingerprint density at radius 3 is 2.17 bits per heavy atom. The second kappa shape index (κ2) is 25.1. The van der Waals surface area contributed by atoms with Crippen LogP contribution >= 0.6 is 11.6 Å². The number of halogens is 3. The van der Waals surface area contributed by atoms with E-state index in [4.69, 9.17) is 21.1 Å². The molecule has 5 atom stereocenters. The van der Waals surface area contributed by atoms with Crippen molar-refractivity contribution in [2.75, 3.05) is 48.5 Å². The summed E-state index contributed by atoms with van der Waals surface area (Å²) in [6, 6.07) is 23.4. The number of carbonyl (C=O) groups excluding carboxylic acids is 5. The Morgan fingerprint density at radius 1 is 0.833 bits per heavy atom. The molecule has 2 N–H and O–H groups in total. The van der Waals surface area contributed by atoms with E-state index in [1.165, 1.54) is 46.9 Å². The number of hydrogen-bond donors (Lipinski definition) is 2. The first-order chi connectivity index (χ1) is 34.3. The molecule has 72 heavy (non-hydrogen) atoms. The van der Waals surface area contributed by atoms with Crippen LogP contribution in [0, 0.1) is 5.92 Å². The van der Waals surface area contributed by atoms with Crippen molar-refractivity contribution >= 4 is 41.1 Å². The minimum absolute atomic E-state index is 0.0162. The fourth-order valence-corrected chi connectivity index (χ4v) is 8.75. The summed E-state index contributed by atoms with van der Waals surface area (Å²) in [5.41, 5.74) is 3.26. The number of carbonyl (C=O) groups is 5. The number of hydrogen-bond acceptors (Lipinski definition) is 9.